The van der Waals surface area contributed by atoms with Gasteiger partial charge in [0.05, 0.1) is 5.39 Å². The van der Waals surface area contributed by atoms with E-state index in [1.807, 2.05) is 32.0 Å². The number of hydrogen-bond donors (Lipinski definition) is 1. The number of aromatic nitrogens is 4. The fourth-order valence-corrected chi connectivity index (χ4v) is 5.80. The Kier molecular flexibility index (Phi) is 4.62. The summed E-state index contributed by atoms with van der Waals surface area (Å²) in [7, 11) is 0. The Morgan fingerprint density at radius 3 is 2.81 bits per heavy atom. The zero-order valence-electron chi connectivity index (χ0n) is 18.6. The van der Waals surface area contributed by atoms with Gasteiger partial charge in [-0.25, -0.2) is 14.5 Å². The molecule has 3 heterocycles. The highest BCUT2D eigenvalue weighted by molar-refractivity contribution is 7.19. The van der Waals surface area contributed by atoms with Gasteiger partial charge in [-0.3, -0.25) is 4.79 Å². The van der Waals surface area contributed by atoms with Gasteiger partial charge in [0.2, 0.25) is 5.82 Å². The van der Waals surface area contributed by atoms with Crippen LogP contribution in [0.1, 0.15) is 59.4 Å². The van der Waals surface area contributed by atoms with Gasteiger partial charge >= 0.3 is 0 Å². The number of thiophene rings is 1. The summed E-state index contributed by atoms with van der Waals surface area (Å²) in [6.07, 6.45) is 4.94. The lowest BCUT2D eigenvalue weighted by Gasteiger charge is -2.33. The van der Waals surface area contributed by atoms with E-state index in [4.69, 9.17) is 0 Å². The number of fused-ring (bicyclic) bond motifs is 5. The van der Waals surface area contributed by atoms with Crippen LogP contribution in [-0.4, -0.2) is 25.5 Å². The van der Waals surface area contributed by atoms with Crippen LogP contribution in [-0.2, 0) is 12.8 Å². The predicted octanol–water partition coefficient (Wildman–Crippen LogP) is 5.36. The molecule has 4 aromatic rings. The van der Waals surface area contributed by atoms with Crippen molar-refractivity contribution in [2.75, 3.05) is 5.32 Å². The van der Waals surface area contributed by atoms with Gasteiger partial charge in [-0.05, 0) is 61.6 Å². The van der Waals surface area contributed by atoms with Gasteiger partial charge < -0.3 is 5.32 Å². The summed E-state index contributed by atoms with van der Waals surface area (Å²) in [5, 5.41) is 8.43. The third-order valence-electron chi connectivity index (χ3n) is 6.44. The largest absolute Gasteiger partial charge is 0.319 e. The maximum atomic E-state index is 12.9. The SMILES string of the molecule is Cc1ccc(NC(=O)c2nc3c4c5c(sc4ncn3n2)CC(C(C)(C)C)CC5)c(C)c1. The van der Waals surface area contributed by atoms with E-state index in [0.29, 0.717) is 11.3 Å². The fourth-order valence-electron chi connectivity index (χ4n) is 4.54. The van der Waals surface area contributed by atoms with Crippen molar-refractivity contribution in [1.29, 1.82) is 0 Å². The van der Waals surface area contributed by atoms with E-state index in [-0.39, 0.29) is 11.7 Å². The van der Waals surface area contributed by atoms with Crippen LogP contribution < -0.4 is 5.32 Å². The molecule has 7 heteroatoms. The fraction of sp³-hybridized carbons (Fsp3) is 0.417. The highest BCUT2D eigenvalue weighted by atomic mass is 32.1. The maximum Gasteiger partial charge on any atom is 0.295 e. The van der Waals surface area contributed by atoms with Gasteiger partial charge in [-0.1, -0.05) is 38.5 Å². The van der Waals surface area contributed by atoms with Crippen molar-refractivity contribution in [3.05, 3.63) is 51.9 Å². The van der Waals surface area contributed by atoms with Crippen molar-refractivity contribution in [3.8, 4) is 0 Å². The lowest BCUT2D eigenvalue weighted by Crippen LogP contribution is -2.26. The molecule has 0 fully saturated rings. The summed E-state index contributed by atoms with van der Waals surface area (Å²) in [4.78, 5) is 24.5. The number of nitrogens with zero attached hydrogens (tertiary/aromatic N) is 4. The van der Waals surface area contributed by atoms with Crippen LogP contribution in [0.2, 0.25) is 0 Å². The molecule has 0 bridgehead atoms. The molecule has 1 aliphatic rings. The van der Waals surface area contributed by atoms with Crippen molar-refractivity contribution in [1.82, 2.24) is 19.6 Å². The molecule has 5 rings (SSSR count). The summed E-state index contributed by atoms with van der Waals surface area (Å²) in [6.45, 7) is 11.0. The monoisotopic (exact) mass is 433 g/mol. The van der Waals surface area contributed by atoms with Crippen LogP contribution in [0, 0.1) is 25.2 Å². The highest BCUT2D eigenvalue weighted by Gasteiger charge is 2.32. The van der Waals surface area contributed by atoms with Crippen LogP contribution in [0.25, 0.3) is 15.9 Å². The molecule has 0 saturated heterocycles. The van der Waals surface area contributed by atoms with E-state index in [0.717, 1.165) is 51.9 Å². The molecule has 0 aliphatic heterocycles. The Bertz CT molecular complexity index is 1330. The smallest absolute Gasteiger partial charge is 0.295 e. The highest BCUT2D eigenvalue weighted by Crippen LogP contribution is 2.43. The number of carbonyl (C=O) groups excluding carboxylic acids is 1. The van der Waals surface area contributed by atoms with E-state index >= 15 is 0 Å². The lowest BCUT2D eigenvalue weighted by atomic mass is 9.72. The van der Waals surface area contributed by atoms with E-state index in [1.165, 1.54) is 10.4 Å². The standard InChI is InChI=1S/C24H27N5OS/c1-13-6-9-17(14(2)10-13)26-22(30)20-27-21-19-16-8-7-15(24(3,4)5)11-18(16)31-23(19)25-12-29(21)28-20/h6,9-10,12,15H,7-8,11H2,1-5H3,(H,26,30). The second-order valence-electron chi connectivity index (χ2n) is 9.71. The molecule has 0 spiro atoms. The average molecular weight is 434 g/mol. The number of benzene rings is 1. The van der Waals surface area contributed by atoms with Crippen LogP contribution in [0.4, 0.5) is 5.69 Å². The van der Waals surface area contributed by atoms with E-state index in [2.05, 4.69) is 41.2 Å². The molecule has 6 nitrogen and oxygen atoms in total. The van der Waals surface area contributed by atoms with E-state index < -0.39 is 0 Å². The molecule has 1 unspecified atom stereocenters. The molecule has 1 amide bonds. The van der Waals surface area contributed by atoms with E-state index in [9.17, 15) is 4.79 Å². The average Bonchev–Trinajstić information content (AvgIpc) is 3.29. The summed E-state index contributed by atoms with van der Waals surface area (Å²) in [5.74, 6) is 0.527. The van der Waals surface area contributed by atoms with Gasteiger partial charge in [0.25, 0.3) is 5.91 Å². The molecule has 160 valence electrons. The maximum absolute atomic E-state index is 12.9. The summed E-state index contributed by atoms with van der Waals surface area (Å²) in [6, 6.07) is 5.94. The third-order valence-corrected chi connectivity index (χ3v) is 7.61. The summed E-state index contributed by atoms with van der Waals surface area (Å²) < 4.78 is 1.64. The number of rotatable bonds is 2. The molecule has 1 aliphatic carbocycles. The summed E-state index contributed by atoms with van der Waals surface area (Å²) in [5.41, 5.74) is 5.31. The normalized spacial score (nSPS) is 16.6. The summed E-state index contributed by atoms with van der Waals surface area (Å²) >= 11 is 1.77. The molecule has 1 N–H and O–H groups in total. The Hall–Kier alpha value is -2.80. The number of amides is 1. The lowest BCUT2D eigenvalue weighted by molar-refractivity contribution is 0.101. The van der Waals surface area contributed by atoms with Crippen molar-refractivity contribution < 1.29 is 4.79 Å². The second kappa shape index (κ2) is 7.12. The molecule has 1 aromatic carbocycles. The van der Waals surface area contributed by atoms with Crippen molar-refractivity contribution in [3.63, 3.8) is 0 Å². The Labute approximate surface area is 185 Å². The number of nitrogens with one attached hydrogen (secondary N) is 1. The van der Waals surface area contributed by atoms with Crippen molar-refractivity contribution in [2.24, 2.45) is 11.3 Å². The van der Waals surface area contributed by atoms with Gasteiger partial charge in [0, 0.05) is 10.6 Å². The minimum Gasteiger partial charge on any atom is -0.319 e. The van der Waals surface area contributed by atoms with Gasteiger partial charge in [-0.15, -0.1) is 16.4 Å². The molecule has 0 radical (unpaired) electrons. The number of aryl methyl sites for hydroxylation is 3. The second-order valence-corrected chi connectivity index (χ2v) is 10.8. The Morgan fingerprint density at radius 2 is 2.06 bits per heavy atom. The van der Waals surface area contributed by atoms with Gasteiger partial charge in [0.15, 0.2) is 5.65 Å². The number of hydrogen-bond acceptors (Lipinski definition) is 5. The molecule has 3 aromatic heterocycles. The van der Waals surface area contributed by atoms with E-state index in [1.54, 1.807) is 22.2 Å². The third kappa shape index (κ3) is 3.51. The van der Waals surface area contributed by atoms with Crippen LogP contribution in [0.3, 0.4) is 0 Å². The first kappa shape index (κ1) is 20.1. The van der Waals surface area contributed by atoms with Crippen LogP contribution in [0.5, 0.6) is 0 Å². The molecule has 31 heavy (non-hydrogen) atoms. The zero-order chi connectivity index (χ0) is 21.9. The first-order valence-electron chi connectivity index (χ1n) is 10.7. The zero-order valence-corrected chi connectivity index (χ0v) is 19.4. The first-order valence-corrected chi connectivity index (χ1v) is 11.6. The van der Waals surface area contributed by atoms with Crippen molar-refractivity contribution in [2.45, 2.75) is 53.9 Å². The number of anilines is 1. The predicted molar refractivity (Wildman–Crippen MR) is 125 cm³/mol. The number of carbonyl (C=O) groups is 1. The minimum absolute atomic E-state index is 0.164. The van der Waals surface area contributed by atoms with Gasteiger partial charge in [0.1, 0.15) is 11.2 Å². The van der Waals surface area contributed by atoms with Crippen molar-refractivity contribution >= 4 is 38.8 Å². The topological polar surface area (TPSA) is 72.2 Å². The molecular weight excluding hydrogens is 406 g/mol. The minimum atomic E-state index is -0.305. The molecule has 1 atom stereocenters. The Morgan fingerprint density at radius 1 is 1.26 bits per heavy atom. The van der Waals surface area contributed by atoms with Crippen LogP contribution >= 0.6 is 11.3 Å². The quantitative estimate of drug-likeness (QED) is 0.462. The van der Waals surface area contributed by atoms with Crippen LogP contribution in [0.15, 0.2) is 24.5 Å². The first-order chi connectivity index (χ1) is 14.7. The van der Waals surface area contributed by atoms with Gasteiger partial charge in [-0.2, -0.15) is 0 Å². The Balaban J connectivity index is 1.52. The molecular formula is C24H27N5OS. The molecule has 0 saturated carbocycles.